The van der Waals surface area contributed by atoms with Gasteiger partial charge in [-0.2, -0.15) is 0 Å². The number of hydrogen-bond donors (Lipinski definition) is 1. The minimum Gasteiger partial charge on any atom is -0.481 e. The third-order valence-corrected chi connectivity index (χ3v) is 4.05. The zero-order valence-corrected chi connectivity index (χ0v) is 13.1. The molecule has 1 heterocycles. The van der Waals surface area contributed by atoms with E-state index in [1.54, 1.807) is 0 Å². The van der Waals surface area contributed by atoms with Crippen molar-refractivity contribution in [2.45, 2.75) is 39.7 Å². The molecule has 21 heavy (non-hydrogen) atoms. The van der Waals surface area contributed by atoms with Crippen molar-refractivity contribution < 1.29 is 4.74 Å². The predicted molar refractivity (Wildman–Crippen MR) is 88.2 cm³/mol. The van der Waals surface area contributed by atoms with Crippen LogP contribution in [0.3, 0.4) is 0 Å². The zero-order chi connectivity index (χ0) is 14.8. The molecule has 1 N–H and O–H groups in total. The van der Waals surface area contributed by atoms with Gasteiger partial charge in [0.1, 0.15) is 11.9 Å². The minimum absolute atomic E-state index is 0.0922. The van der Waals surface area contributed by atoms with Crippen LogP contribution >= 0.6 is 0 Å². The van der Waals surface area contributed by atoms with E-state index in [-0.39, 0.29) is 6.10 Å². The second-order valence-corrected chi connectivity index (χ2v) is 5.94. The summed E-state index contributed by atoms with van der Waals surface area (Å²) >= 11 is 0. The number of anilines is 1. The molecule has 0 saturated heterocycles. The Morgan fingerprint density at radius 2 is 1.90 bits per heavy atom. The SMILES string of the molecule is CCCc1ccc(C2CNc3cc(C)cc(C)c3O2)cc1. The highest BCUT2D eigenvalue weighted by atomic mass is 16.5. The Balaban J connectivity index is 1.82. The Morgan fingerprint density at radius 1 is 1.14 bits per heavy atom. The van der Waals surface area contributed by atoms with Crippen molar-refractivity contribution in [3.63, 3.8) is 0 Å². The molecule has 2 aromatic rings. The molecule has 0 bridgehead atoms. The molecule has 1 aliphatic heterocycles. The quantitative estimate of drug-likeness (QED) is 0.872. The number of fused-ring (bicyclic) bond motifs is 1. The van der Waals surface area contributed by atoms with Crippen molar-refractivity contribution in [2.75, 3.05) is 11.9 Å². The molecule has 1 atom stereocenters. The standard InChI is InChI=1S/C19H23NO/c1-4-5-15-6-8-16(9-7-15)18-12-20-17-11-13(2)10-14(3)19(17)21-18/h6-11,18,20H,4-5,12H2,1-3H3. The topological polar surface area (TPSA) is 21.3 Å². The summed E-state index contributed by atoms with van der Waals surface area (Å²) in [5.41, 5.74) is 6.23. The smallest absolute Gasteiger partial charge is 0.146 e. The summed E-state index contributed by atoms with van der Waals surface area (Å²) in [6, 6.07) is 13.2. The summed E-state index contributed by atoms with van der Waals surface area (Å²) in [5.74, 6) is 0.995. The van der Waals surface area contributed by atoms with E-state index in [9.17, 15) is 0 Å². The van der Waals surface area contributed by atoms with Gasteiger partial charge >= 0.3 is 0 Å². The Labute approximate surface area is 127 Å². The van der Waals surface area contributed by atoms with Crippen molar-refractivity contribution in [2.24, 2.45) is 0 Å². The van der Waals surface area contributed by atoms with Gasteiger partial charge in [-0.3, -0.25) is 0 Å². The first-order valence-electron chi connectivity index (χ1n) is 7.78. The summed E-state index contributed by atoms with van der Waals surface area (Å²) in [6.07, 6.45) is 2.42. The summed E-state index contributed by atoms with van der Waals surface area (Å²) in [6.45, 7) is 7.26. The fourth-order valence-electron chi connectivity index (χ4n) is 3.00. The van der Waals surface area contributed by atoms with E-state index < -0.39 is 0 Å². The Kier molecular flexibility index (Phi) is 3.87. The second-order valence-electron chi connectivity index (χ2n) is 5.94. The van der Waals surface area contributed by atoms with Crippen molar-refractivity contribution >= 4 is 5.69 Å². The lowest BCUT2D eigenvalue weighted by Crippen LogP contribution is -2.24. The van der Waals surface area contributed by atoms with E-state index in [2.05, 4.69) is 62.5 Å². The van der Waals surface area contributed by atoms with Crippen LogP contribution in [0.2, 0.25) is 0 Å². The van der Waals surface area contributed by atoms with E-state index in [4.69, 9.17) is 4.74 Å². The average molecular weight is 281 g/mol. The van der Waals surface area contributed by atoms with Gasteiger partial charge in [-0.25, -0.2) is 0 Å². The lowest BCUT2D eigenvalue weighted by atomic mass is 10.0. The van der Waals surface area contributed by atoms with Gasteiger partial charge in [0.2, 0.25) is 0 Å². The molecule has 1 unspecified atom stereocenters. The maximum Gasteiger partial charge on any atom is 0.146 e. The molecule has 0 saturated carbocycles. The minimum atomic E-state index is 0.0922. The van der Waals surface area contributed by atoms with Crippen LogP contribution in [0.15, 0.2) is 36.4 Å². The van der Waals surface area contributed by atoms with Crippen molar-refractivity contribution in [3.05, 3.63) is 58.7 Å². The number of rotatable bonds is 3. The fourth-order valence-corrected chi connectivity index (χ4v) is 3.00. The molecule has 1 aliphatic rings. The number of benzene rings is 2. The number of nitrogens with one attached hydrogen (secondary N) is 1. The molecular formula is C19H23NO. The van der Waals surface area contributed by atoms with Crippen LogP contribution < -0.4 is 10.1 Å². The first-order valence-corrected chi connectivity index (χ1v) is 7.78. The van der Waals surface area contributed by atoms with Gasteiger partial charge in [0.05, 0.1) is 12.2 Å². The van der Waals surface area contributed by atoms with Crippen molar-refractivity contribution in [3.8, 4) is 5.75 Å². The largest absolute Gasteiger partial charge is 0.481 e. The number of hydrogen-bond acceptors (Lipinski definition) is 2. The lowest BCUT2D eigenvalue weighted by molar-refractivity contribution is 0.209. The summed E-state index contributed by atoms with van der Waals surface area (Å²) in [5, 5.41) is 3.51. The van der Waals surface area contributed by atoms with Crippen LogP contribution in [0.25, 0.3) is 0 Å². The molecular weight excluding hydrogens is 258 g/mol. The highest BCUT2D eigenvalue weighted by Crippen LogP contribution is 2.37. The van der Waals surface area contributed by atoms with E-state index in [1.165, 1.54) is 28.7 Å². The predicted octanol–water partition coefficient (Wildman–Crippen LogP) is 4.80. The molecule has 2 aromatic carbocycles. The van der Waals surface area contributed by atoms with Gasteiger partial charge in [-0.1, -0.05) is 43.7 Å². The number of aryl methyl sites for hydroxylation is 3. The van der Waals surface area contributed by atoms with Crippen LogP contribution in [0, 0.1) is 13.8 Å². The van der Waals surface area contributed by atoms with Crippen LogP contribution in [-0.2, 0) is 6.42 Å². The van der Waals surface area contributed by atoms with Gasteiger partial charge < -0.3 is 10.1 Å². The first-order chi connectivity index (χ1) is 10.2. The van der Waals surface area contributed by atoms with E-state index >= 15 is 0 Å². The summed E-state index contributed by atoms with van der Waals surface area (Å²) in [7, 11) is 0. The van der Waals surface area contributed by atoms with Crippen LogP contribution in [0.1, 0.15) is 41.7 Å². The van der Waals surface area contributed by atoms with E-state index in [1.807, 2.05) is 0 Å². The Morgan fingerprint density at radius 3 is 2.62 bits per heavy atom. The second kappa shape index (κ2) is 5.80. The Hall–Kier alpha value is -1.96. The molecule has 0 spiro atoms. The molecule has 0 radical (unpaired) electrons. The molecule has 0 fully saturated rings. The van der Waals surface area contributed by atoms with E-state index in [0.29, 0.717) is 0 Å². The lowest BCUT2D eigenvalue weighted by Gasteiger charge is -2.29. The fraction of sp³-hybridized carbons (Fsp3) is 0.368. The van der Waals surface area contributed by atoms with Crippen LogP contribution in [-0.4, -0.2) is 6.54 Å². The zero-order valence-electron chi connectivity index (χ0n) is 13.1. The normalized spacial score (nSPS) is 16.8. The molecule has 0 aromatic heterocycles. The van der Waals surface area contributed by atoms with Gasteiger partial charge in [0.15, 0.2) is 0 Å². The van der Waals surface area contributed by atoms with Crippen LogP contribution in [0.5, 0.6) is 5.75 Å². The maximum atomic E-state index is 6.24. The molecule has 2 heteroatoms. The van der Waals surface area contributed by atoms with Gasteiger partial charge in [-0.05, 0) is 48.6 Å². The van der Waals surface area contributed by atoms with Gasteiger partial charge in [-0.15, -0.1) is 0 Å². The third-order valence-electron chi connectivity index (χ3n) is 4.05. The molecule has 0 aliphatic carbocycles. The van der Waals surface area contributed by atoms with Crippen molar-refractivity contribution in [1.82, 2.24) is 0 Å². The summed E-state index contributed by atoms with van der Waals surface area (Å²) < 4.78 is 6.24. The Bertz CT molecular complexity index is 631. The molecule has 0 amide bonds. The summed E-state index contributed by atoms with van der Waals surface area (Å²) in [4.78, 5) is 0. The molecule has 2 nitrogen and oxygen atoms in total. The highest BCUT2D eigenvalue weighted by Gasteiger charge is 2.22. The maximum absolute atomic E-state index is 6.24. The molecule has 3 rings (SSSR count). The van der Waals surface area contributed by atoms with Gasteiger partial charge in [0.25, 0.3) is 0 Å². The van der Waals surface area contributed by atoms with E-state index in [0.717, 1.165) is 24.4 Å². The third kappa shape index (κ3) is 2.90. The monoisotopic (exact) mass is 281 g/mol. The first kappa shape index (κ1) is 14.0. The highest BCUT2D eigenvalue weighted by molar-refractivity contribution is 5.63. The van der Waals surface area contributed by atoms with Gasteiger partial charge in [0, 0.05) is 0 Å². The average Bonchev–Trinajstić information content (AvgIpc) is 2.48. The van der Waals surface area contributed by atoms with Crippen molar-refractivity contribution in [1.29, 1.82) is 0 Å². The number of ether oxygens (including phenoxy) is 1. The molecule has 110 valence electrons. The van der Waals surface area contributed by atoms with Crippen LogP contribution in [0.4, 0.5) is 5.69 Å².